The number of ether oxygens (including phenoxy) is 1. The third-order valence-corrected chi connectivity index (χ3v) is 4.80. The lowest BCUT2D eigenvalue weighted by Crippen LogP contribution is -2.53. The van der Waals surface area contributed by atoms with E-state index in [4.69, 9.17) is 9.73 Å². The van der Waals surface area contributed by atoms with Crippen LogP contribution in [-0.2, 0) is 18.3 Å². The molecule has 1 aliphatic heterocycles. The van der Waals surface area contributed by atoms with Gasteiger partial charge < -0.3 is 19.5 Å². The number of nitrogens with zero attached hydrogens (tertiary/aromatic N) is 6. The standard InChI is InChI=1S/C19H37N7O/c1-6-27-13-7-8-20-19(21-14-18-23-22-17(4)24(18)5)26-11-9-25(10-12-26)15-16(2)3/h16H,6-15H2,1-5H3,(H,20,21). The molecule has 27 heavy (non-hydrogen) atoms. The van der Waals surface area contributed by atoms with Gasteiger partial charge >= 0.3 is 0 Å². The van der Waals surface area contributed by atoms with Crippen LogP contribution in [0.2, 0.25) is 0 Å². The fourth-order valence-corrected chi connectivity index (χ4v) is 3.18. The minimum absolute atomic E-state index is 0.539. The van der Waals surface area contributed by atoms with Crippen LogP contribution in [0.5, 0.6) is 0 Å². The Hall–Kier alpha value is -1.67. The summed E-state index contributed by atoms with van der Waals surface area (Å²) in [6.07, 6.45) is 0.975. The summed E-state index contributed by atoms with van der Waals surface area (Å²) in [5.74, 6) is 3.48. The Labute approximate surface area is 164 Å². The van der Waals surface area contributed by atoms with Crippen LogP contribution in [0.25, 0.3) is 0 Å². The van der Waals surface area contributed by atoms with Gasteiger partial charge in [-0.3, -0.25) is 4.90 Å². The molecular formula is C19H37N7O. The van der Waals surface area contributed by atoms with Gasteiger partial charge in [-0.2, -0.15) is 0 Å². The monoisotopic (exact) mass is 379 g/mol. The molecule has 8 heteroatoms. The summed E-state index contributed by atoms with van der Waals surface area (Å²) in [5.41, 5.74) is 0. The molecule has 1 fully saturated rings. The van der Waals surface area contributed by atoms with E-state index in [1.165, 1.54) is 6.54 Å². The lowest BCUT2D eigenvalue weighted by molar-refractivity contribution is 0.144. The highest BCUT2D eigenvalue weighted by Crippen LogP contribution is 2.07. The second-order valence-corrected chi connectivity index (χ2v) is 7.52. The first-order valence-corrected chi connectivity index (χ1v) is 10.2. The fourth-order valence-electron chi connectivity index (χ4n) is 3.18. The van der Waals surface area contributed by atoms with E-state index in [2.05, 4.69) is 39.2 Å². The quantitative estimate of drug-likeness (QED) is 0.396. The first-order valence-electron chi connectivity index (χ1n) is 10.2. The van der Waals surface area contributed by atoms with Gasteiger partial charge in [-0.05, 0) is 26.2 Å². The molecular weight excluding hydrogens is 342 g/mol. The molecule has 0 aliphatic carbocycles. The summed E-state index contributed by atoms with van der Waals surface area (Å²) in [5, 5.41) is 11.9. The molecule has 0 aromatic carbocycles. The largest absolute Gasteiger partial charge is 0.382 e. The van der Waals surface area contributed by atoms with Gasteiger partial charge in [0.2, 0.25) is 0 Å². The molecule has 0 atom stereocenters. The molecule has 0 spiro atoms. The average molecular weight is 380 g/mol. The Morgan fingerprint density at radius 1 is 1.22 bits per heavy atom. The smallest absolute Gasteiger partial charge is 0.194 e. The lowest BCUT2D eigenvalue weighted by atomic mass is 10.2. The van der Waals surface area contributed by atoms with E-state index in [0.717, 1.165) is 70.0 Å². The molecule has 1 aliphatic rings. The topological polar surface area (TPSA) is 70.8 Å². The van der Waals surface area contributed by atoms with Crippen molar-refractivity contribution in [1.82, 2.24) is 29.9 Å². The van der Waals surface area contributed by atoms with Crippen molar-refractivity contribution >= 4 is 5.96 Å². The molecule has 1 aromatic heterocycles. The highest BCUT2D eigenvalue weighted by atomic mass is 16.5. The predicted octanol–water partition coefficient (Wildman–Crippen LogP) is 1.27. The van der Waals surface area contributed by atoms with Crippen molar-refractivity contribution in [2.45, 2.75) is 40.7 Å². The van der Waals surface area contributed by atoms with Gasteiger partial charge in [-0.15, -0.1) is 10.2 Å². The van der Waals surface area contributed by atoms with E-state index in [9.17, 15) is 0 Å². The average Bonchev–Trinajstić information content (AvgIpc) is 2.96. The maximum atomic E-state index is 5.44. The van der Waals surface area contributed by atoms with Crippen molar-refractivity contribution < 1.29 is 4.74 Å². The number of hydrogen-bond acceptors (Lipinski definition) is 5. The third-order valence-electron chi connectivity index (χ3n) is 4.80. The highest BCUT2D eigenvalue weighted by molar-refractivity contribution is 5.80. The van der Waals surface area contributed by atoms with Gasteiger partial charge in [0.15, 0.2) is 11.8 Å². The Balaban J connectivity index is 1.94. The van der Waals surface area contributed by atoms with Crippen LogP contribution in [-0.4, -0.2) is 83.0 Å². The van der Waals surface area contributed by atoms with Crippen LogP contribution >= 0.6 is 0 Å². The van der Waals surface area contributed by atoms with Crippen LogP contribution in [0.3, 0.4) is 0 Å². The van der Waals surface area contributed by atoms with E-state index in [0.29, 0.717) is 12.5 Å². The molecule has 1 aromatic rings. The number of hydrogen-bond donors (Lipinski definition) is 1. The van der Waals surface area contributed by atoms with E-state index in [-0.39, 0.29) is 0 Å². The molecule has 1 N–H and O–H groups in total. The minimum Gasteiger partial charge on any atom is -0.382 e. The first kappa shape index (κ1) is 21.6. The fraction of sp³-hybridized carbons (Fsp3) is 0.842. The predicted molar refractivity (Wildman–Crippen MR) is 109 cm³/mol. The molecule has 0 amide bonds. The number of nitrogens with one attached hydrogen (secondary N) is 1. The van der Waals surface area contributed by atoms with Gasteiger partial charge in [0, 0.05) is 59.5 Å². The van der Waals surface area contributed by atoms with Crippen LogP contribution in [0.1, 0.15) is 38.8 Å². The molecule has 2 heterocycles. The highest BCUT2D eigenvalue weighted by Gasteiger charge is 2.20. The Morgan fingerprint density at radius 3 is 2.56 bits per heavy atom. The maximum Gasteiger partial charge on any atom is 0.194 e. The Bertz CT molecular complexity index is 577. The number of aryl methyl sites for hydroxylation is 1. The summed E-state index contributed by atoms with van der Waals surface area (Å²) in [6, 6.07) is 0. The summed E-state index contributed by atoms with van der Waals surface area (Å²) in [7, 11) is 1.99. The van der Waals surface area contributed by atoms with Crippen LogP contribution in [0.4, 0.5) is 0 Å². The van der Waals surface area contributed by atoms with E-state index >= 15 is 0 Å². The van der Waals surface area contributed by atoms with Crippen molar-refractivity contribution in [3.63, 3.8) is 0 Å². The van der Waals surface area contributed by atoms with Crippen LogP contribution in [0.15, 0.2) is 4.99 Å². The molecule has 0 saturated carbocycles. The molecule has 1 saturated heterocycles. The number of aliphatic imine (C=N–C) groups is 1. The van der Waals surface area contributed by atoms with Crippen molar-refractivity contribution in [3.05, 3.63) is 11.6 Å². The molecule has 0 unspecified atom stereocenters. The summed E-state index contributed by atoms with van der Waals surface area (Å²) >= 11 is 0. The van der Waals surface area contributed by atoms with E-state index in [1.54, 1.807) is 0 Å². The number of piperazine rings is 1. The summed E-state index contributed by atoms with van der Waals surface area (Å²) in [6.45, 7) is 16.8. The lowest BCUT2D eigenvalue weighted by Gasteiger charge is -2.37. The normalized spacial score (nSPS) is 16.4. The zero-order valence-electron chi connectivity index (χ0n) is 17.7. The van der Waals surface area contributed by atoms with Crippen molar-refractivity contribution in [1.29, 1.82) is 0 Å². The Kier molecular flexibility index (Phi) is 9.00. The van der Waals surface area contributed by atoms with Crippen molar-refractivity contribution in [2.24, 2.45) is 18.0 Å². The zero-order chi connectivity index (χ0) is 19.6. The van der Waals surface area contributed by atoms with Gasteiger partial charge in [0.25, 0.3) is 0 Å². The minimum atomic E-state index is 0.539. The summed E-state index contributed by atoms with van der Waals surface area (Å²) < 4.78 is 7.43. The maximum absolute atomic E-state index is 5.44. The van der Waals surface area contributed by atoms with Gasteiger partial charge in [0.05, 0.1) is 0 Å². The van der Waals surface area contributed by atoms with Gasteiger partial charge in [-0.25, -0.2) is 4.99 Å². The van der Waals surface area contributed by atoms with Crippen molar-refractivity contribution in [3.8, 4) is 0 Å². The molecule has 0 radical (unpaired) electrons. The molecule has 0 bridgehead atoms. The number of aromatic nitrogens is 3. The number of guanidine groups is 1. The summed E-state index contributed by atoms with van der Waals surface area (Å²) in [4.78, 5) is 9.75. The van der Waals surface area contributed by atoms with E-state index in [1.807, 2.05) is 25.5 Å². The van der Waals surface area contributed by atoms with Crippen molar-refractivity contribution in [2.75, 3.05) is 52.5 Å². The molecule has 154 valence electrons. The molecule has 8 nitrogen and oxygen atoms in total. The zero-order valence-corrected chi connectivity index (χ0v) is 17.7. The molecule has 2 rings (SSSR count). The first-order chi connectivity index (χ1) is 13.0. The van der Waals surface area contributed by atoms with Crippen LogP contribution in [0, 0.1) is 12.8 Å². The van der Waals surface area contributed by atoms with E-state index < -0.39 is 0 Å². The Morgan fingerprint density at radius 2 is 1.96 bits per heavy atom. The number of rotatable bonds is 9. The third kappa shape index (κ3) is 7.10. The second kappa shape index (κ2) is 11.2. The SMILES string of the molecule is CCOCCCNC(=NCc1nnc(C)n1C)N1CCN(CC(C)C)CC1. The van der Waals surface area contributed by atoms with Gasteiger partial charge in [0.1, 0.15) is 12.4 Å². The van der Waals surface area contributed by atoms with Gasteiger partial charge in [-0.1, -0.05) is 13.8 Å². The van der Waals surface area contributed by atoms with Crippen LogP contribution < -0.4 is 5.32 Å². The second-order valence-electron chi connectivity index (χ2n) is 7.52.